The van der Waals surface area contributed by atoms with Gasteiger partial charge in [-0.1, -0.05) is 83.1 Å². The van der Waals surface area contributed by atoms with E-state index in [1.165, 1.54) is 24.3 Å². The van der Waals surface area contributed by atoms with Gasteiger partial charge in [-0.05, 0) is 33.6 Å². The molecule has 0 spiro atoms. The van der Waals surface area contributed by atoms with Crippen molar-refractivity contribution >= 4 is 0 Å². The SMILES string of the molecule is CC(C)c1ccc(C(c2ccc(C(C)(C)C)cc2)(C(F)(F)F)C(F)(F)F)cc1. The molecule has 2 rings (SSSR count). The molecule has 0 saturated carbocycles. The molecule has 0 heterocycles. The van der Waals surface area contributed by atoms with Gasteiger partial charge in [0.25, 0.3) is 0 Å². The molecule has 28 heavy (non-hydrogen) atoms. The minimum absolute atomic E-state index is 0.00806. The highest BCUT2D eigenvalue weighted by Gasteiger charge is 2.72. The van der Waals surface area contributed by atoms with E-state index in [0.717, 1.165) is 24.3 Å². The fraction of sp³-hybridized carbons (Fsp3) is 0.455. The Hall–Kier alpha value is -1.98. The monoisotopic (exact) mass is 402 g/mol. The maximum absolute atomic E-state index is 14.1. The summed E-state index contributed by atoms with van der Waals surface area (Å²) in [6.45, 7) is 9.16. The second-order valence-electron chi connectivity index (χ2n) is 8.35. The molecular weight excluding hydrogens is 378 g/mol. The van der Waals surface area contributed by atoms with E-state index in [-0.39, 0.29) is 5.92 Å². The van der Waals surface area contributed by atoms with Crippen LogP contribution < -0.4 is 0 Å². The fourth-order valence-electron chi connectivity index (χ4n) is 3.32. The molecule has 2 aromatic carbocycles. The van der Waals surface area contributed by atoms with E-state index in [0.29, 0.717) is 11.1 Å². The van der Waals surface area contributed by atoms with Crippen LogP contribution in [0.2, 0.25) is 0 Å². The number of rotatable bonds is 3. The van der Waals surface area contributed by atoms with Gasteiger partial charge in [0.15, 0.2) is 0 Å². The smallest absolute Gasteiger partial charge is 0.169 e. The average molecular weight is 402 g/mol. The zero-order valence-corrected chi connectivity index (χ0v) is 16.5. The Morgan fingerprint density at radius 3 is 1.18 bits per heavy atom. The summed E-state index contributed by atoms with van der Waals surface area (Å²) in [5.74, 6) is -0.00806. The van der Waals surface area contributed by atoms with Gasteiger partial charge in [-0.2, -0.15) is 26.3 Å². The van der Waals surface area contributed by atoms with Crippen molar-refractivity contribution in [2.45, 2.75) is 63.7 Å². The molecular formula is C22H24F6. The van der Waals surface area contributed by atoms with Crippen LogP contribution in [0.15, 0.2) is 48.5 Å². The van der Waals surface area contributed by atoms with Gasteiger partial charge < -0.3 is 0 Å². The Kier molecular flexibility index (Phi) is 5.68. The molecule has 0 aliphatic rings. The van der Waals surface area contributed by atoms with Gasteiger partial charge in [-0.15, -0.1) is 0 Å². The summed E-state index contributed by atoms with van der Waals surface area (Å²) >= 11 is 0. The van der Waals surface area contributed by atoms with E-state index < -0.39 is 34.3 Å². The van der Waals surface area contributed by atoms with E-state index in [4.69, 9.17) is 0 Å². The molecule has 0 bridgehead atoms. The molecule has 154 valence electrons. The van der Waals surface area contributed by atoms with Gasteiger partial charge >= 0.3 is 12.4 Å². The minimum atomic E-state index is -5.56. The third-order valence-electron chi connectivity index (χ3n) is 5.04. The molecule has 0 radical (unpaired) electrons. The lowest BCUT2D eigenvalue weighted by molar-refractivity contribution is -0.288. The van der Waals surface area contributed by atoms with Crippen molar-refractivity contribution in [1.82, 2.24) is 0 Å². The number of halogens is 6. The van der Waals surface area contributed by atoms with Crippen molar-refractivity contribution in [3.8, 4) is 0 Å². The molecule has 2 aromatic rings. The van der Waals surface area contributed by atoms with Gasteiger partial charge in [0.05, 0.1) is 0 Å². The normalized spacial score (nSPS) is 13.9. The lowest BCUT2D eigenvalue weighted by atomic mass is 9.72. The van der Waals surface area contributed by atoms with Crippen LogP contribution in [-0.4, -0.2) is 12.4 Å². The highest BCUT2D eigenvalue weighted by Crippen LogP contribution is 2.56. The summed E-state index contributed by atoms with van der Waals surface area (Å²) in [4.78, 5) is 0. The van der Waals surface area contributed by atoms with Crippen molar-refractivity contribution in [3.63, 3.8) is 0 Å². The second kappa shape index (κ2) is 7.12. The molecule has 0 saturated heterocycles. The van der Waals surface area contributed by atoms with Crippen molar-refractivity contribution in [2.75, 3.05) is 0 Å². The van der Waals surface area contributed by atoms with Gasteiger partial charge in [0, 0.05) is 0 Å². The number of benzene rings is 2. The van der Waals surface area contributed by atoms with Gasteiger partial charge in [0.2, 0.25) is 5.41 Å². The molecule has 6 heteroatoms. The predicted octanol–water partition coefficient (Wildman–Crippen LogP) is 7.52. The van der Waals surface area contributed by atoms with Crippen LogP contribution >= 0.6 is 0 Å². The van der Waals surface area contributed by atoms with Crippen molar-refractivity contribution in [1.29, 1.82) is 0 Å². The van der Waals surface area contributed by atoms with Crippen LogP contribution in [0.25, 0.3) is 0 Å². The molecule has 0 aliphatic carbocycles. The Morgan fingerprint density at radius 2 is 0.893 bits per heavy atom. The molecule has 0 amide bonds. The standard InChI is InChI=1S/C22H24F6/c1-14(2)15-6-8-17(9-7-15)20(21(23,24)25,22(26,27)28)18-12-10-16(11-13-18)19(3,4)5/h6-14H,1-5H3. The minimum Gasteiger partial charge on any atom is -0.169 e. The van der Waals surface area contributed by atoms with Gasteiger partial charge in [-0.3, -0.25) is 0 Å². The highest BCUT2D eigenvalue weighted by molar-refractivity contribution is 5.46. The quantitative estimate of drug-likeness (QED) is 0.466. The van der Waals surface area contributed by atoms with Crippen LogP contribution in [0, 0.1) is 0 Å². The van der Waals surface area contributed by atoms with Crippen LogP contribution in [0.1, 0.15) is 62.8 Å². The lowest BCUT2D eigenvalue weighted by Crippen LogP contribution is -2.54. The topological polar surface area (TPSA) is 0 Å². The third-order valence-corrected chi connectivity index (χ3v) is 5.04. The van der Waals surface area contributed by atoms with Gasteiger partial charge in [-0.25, -0.2) is 0 Å². The molecule has 0 atom stereocenters. The first-order chi connectivity index (χ1) is 12.6. The van der Waals surface area contributed by atoms with Crippen LogP contribution in [0.4, 0.5) is 26.3 Å². The highest BCUT2D eigenvalue weighted by atomic mass is 19.4. The van der Waals surface area contributed by atoms with Crippen LogP contribution in [0.5, 0.6) is 0 Å². The van der Waals surface area contributed by atoms with E-state index in [1.807, 2.05) is 34.6 Å². The summed E-state index contributed by atoms with van der Waals surface area (Å²) in [6, 6.07) is 9.09. The number of hydrogen-bond acceptors (Lipinski definition) is 0. The predicted molar refractivity (Wildman–Crippen MR) is 98.6 cm³/mol. The van der Waals surface area contributed by atoms with Crippen LogP contribution in [0.3, 0.4) is 0 Å². The van der Waals surface area contributed by atoms with Crippen LogP contribution in [-0.2, 0) is 10.8 Å². The van der Waals surface area contributed by atoms with Crippen molar-refractivity contribution < 1.29 is 26.3 Å². The molecule has 0 nitrogen and oxygen atoms in total. The van der Waals surface area contributed by atoms with Gasteiger partial charge in [0.1, 0.15) is 0 Å². The Morgan fingerprint density at radius 1 is 0.571 bits per heavy atom. The summed E-state index contributed by atoms with van der Waals surface area (Å²) in [5.41, 5.74) is -4.82. The van der Waals surface area contributed by atoms with Crippen molar-refractivity contribution in [2.24, 2.45) is 0 Å². The fourth-order valence-corrected chi connectivity index (χ4v) is 3.32. The molecule has 0 aliphatic heterocycles. The van der Waals surface area contributed by atoms with E-state index >= 15 is 0 Å². The molecule has 0 unspecified atom stereocenters. The Bertz CT molecular complexity index is 773. The van der Waals surface area contributed by atoms with E-state index in [2.05, 4.69) is 0 Å². The maximum atomic E-state index is 14.1. The first kappa shape index (κ1) is 22.3. The summed E-state index contributed by atoms with van der Waals surface area (Å²) in [5, 5.41) is 0. The zero-order chi connectivity index (χ0) is 21.5. The maximum Gasteiger partial charge on any atom is 0.411 e. The molecule has 0 N–H and O–H groups in total. The summed E-state index contributed by atoms with van der Waals surface area (Å²) in [7, 11) is 0. The summed E-state index contributed by atoms with van der Waals surface area (Å²) < 4.78 is 84.7. The molecule has 0 aromatic heterocycles. The number of hydrogen-bond donors (Lipinski definition) is 0. The average Bonchev–Trinajstić information content (AvgIpc) is 2.53. The second-order valence-corrected chi connectivity index (χ2v) is 8.35. The lowest BCUT2D eigenvalue weighted by Gasteiger charge is -2.38. The van der Waals surface area contributed by atoms with E-state index in [1.54, 1.807) is 0 Å². The first-order valence-electron chi connectivity index (χ1n) is 8.97. The van der Waals surface area contributed by atoms with E-state index in [9.17, 15) is 26.3 Å². The molecule has 0 fully saturated rings. The number of alkyl halides is 6. The largest absolute Gasteiger partial charge is 0.411 e. The zero-order valence-electron chi connectivity index (χ0n) is 16.5. The Labute approximate surface area is 161 Å². The van der Waals surface area contributed by atoms with Crippen molar-refractivity contribution in [3.05, 3.63) is 70.8 Å². The Balaban J connectivity index is 2.79. The summed E-state index contributed by atoms with van der Waals surface area (Å²) in [6.07, 6.45) is -11.1. The third kappa shape index (κ3) is 3.78. The first-order valence-corrected chi connectivity index (χ1v) is 8.97.